The summed E-state index contributed by atoms with van der Waals surface area (Å²) >= 11 is 6.06. The first kappa shape index (κ1) is 17.7. The molecule has 27 heavy (non-hydrogen) atoms. The van der Waals surface area contributed by atoms with Crippen molar-refractivity contribution >= 4 is 51.5 Å². The first-order chi connectivity index (χ1) is 13.0. The zero-order valence-electron chi connectivity index (χ0n) is 14.1. The standard InChI is InChI=1S/C19H15ClN4O2S/c1-27(26)14-5-3-13(4-6-14)22-19-21-10-11-8-17(25)23-16-9-12(20)2-7-15(16)18(11)24-19/h2-7,9-10,26H,1,8H2,(H,23,25)(H,21,22,24). The Balaban J connectivity index is 1.71. The Morgan fingerprint density at radius 3 is 2.74 bits per heavy atom. The molecular weight excluding hydrogens is 384 g/mol. The van der Waals surface area contributed by atoms with Crippen molar-refractivity contribution in [1.29, 1.82) is 0 Å². The van der Waals surface area contributed by atoms with Crippen LogP contribution in [0.1, 0.15) is 5.56 Å². The van der Waals surface area contributed by atoms with Crippen molar-refractivity contribution < 1.29 is 9.35 Å². The summed E-state index contributed by atoms with van der Waals surface area (Å²) in [5, 5.41) is 6.54. The molecule has 0 spiro atoms. The molecule has 2 heterocycles. The van der Waals surface area contributed by atoms with Crippen LogP contribution in [0, 0.1) is 0 Å². The summed E-state index contributed by atoms with van der Waals surface area (Å²) in [7, 11) is -1.03. The van der Waals surface area contributed by atoms with Gasteiger partial charge in [-0.1, -0.05) is 11.6 Å². The van der Waals surface area contributed by atoms with Gasteiger partial charge >= 0.3 is 0 Å². The molecule has 6 nitrogen and oxygen atoms in total. The minimum Gasteiger partial charge on any atom is -0.333 e. The lowest BCUT2D eigenvalue weighted by Gasteiger charge is -2.11. The van der Waals surface area contributed by atoms with Crippen LogP contribution in [0.2, 0.25) is 5.02 Å². The molecule has 1 amide bonds. The van der Waals surface area contributed by atoms with Crippen LogP contribution in [-0.2, 0) is 11.2 Å². The largest absolute Gasteiger partial charge is 0.333 e. The molecule has 0 aliphatic carbocycles. The molecule has 136 valence electrons. The van der Waals surface area contributed by atoms with Gasteiger partial charge < -0.3 is 15.2 Å². The Morgan fingerprint density at radius 1 is 1.22 bits per heavy atom. The third-order valence-corrected chi connectivity index (χ3v) is 5.16. The topological polar surface area (TPSA) is 87.1 Å². The number of hydrogen-bond acceptors (Lipinski definition) is 5. The number of carbonyl (C=O) groups is 1. The molecule has 8 heteroatoms. The second-order valence-corrected chi connectivity index (χ2v) is 7.63. The Morgan fingerprint density at radius 2 is 2.00 bits per heavy atom. The summed E-state index contributed by atoms with van der Waals surface area (Å²) < 4.78 is 9.53. The van der Waals surface area contributed by atoms with Crippen molar-refractivity contribution in [2.75, 3.05) is 10.6 Å². The maximum Gasteiger partial charge on any atom is 0.228 e. The predicted molar refractivity (Wildman–Crippen MR) is 110 cm³/mol. The highest BCUT2D eigenvalue weighted by molar-refractivity contribution is 8.09. The molecule has 1 aromatic heterocycles. The van der Waals surface area contributed by atoms with Crippen molar-refractivity contribution in [3.63, 3.8) is 0 Å². The van der Waals surface area contributed by atoms with Gasteiger partial charge in [0, 0.05) is 32.9 Å². The van der Waals surface area contributed by atoms with Gasteiger partial charge in [0.05, 0.1) is 17.8 Å². The van der Waals surface area contributed by atoms with E-state index in [0.29, 0.717) is 22.4 Å². The van der Waals surface area contributed by atoms with Crippen LogP contribution < -0.4 is 10.6 Å². The quantitative estimate of drug-likeness (QED) is 0.562. The summed E-state index contributed by atoms with van der Waals surface area (Å²) in [5.41, 5.74) is 3.64. The molecule has 0 saturated heterocycles. The zero-order chi connectivity index (χ0) is 19.0. The van der Waals surface area contributed by atoms with Crippen LogP contribution in [0.25, 0.3) is 11.3 Å². The number of carbonyl (C=O) groups excluding carboxylic acids is 1. The summed E-state index contributed by atoms with van der Waals surface area (Å²) in [5.74, 6) is 3.89. The van der Waals surface area contributed by atoms with Crippen molar-refractivity contribution in [3.8, 4) is 11.3 Å². The van der Waals surface area contributed by atoms with Crippen molar-refractivity contribution in [2.24, 2.45) is 0 Å². The summed E-state index contributed by atoms with van der Waals surface area (Å²) in [6.07, 6.45) is 1.85. The van der Waals surface area contributed by atoms with Crippen LogP contribution in [0.4, 0.5) is 17.3 Å². The average molecular weight is 399 g/mol. The van der Waals surface area contributed by atoms with Gasteiger partial charge in [0.2, 0.25) is 11.9 Å². The van der Waals surface area contributed by atoms with Crippen molar-refractivity contribution in [2.45, 2.75) is 11.3 Å². The fraction of sp³-hybridized carbons (Fsp3) is 0.0526. The van der Waals surface area contributed by atoms with Gasteiger partial charge in [0.25, 0.3) is 0 Å². The highest BCUT2D eigenvalue weighted by Gasteiger charge is 2.21. The van der Waals surface area contributed by atoms with Gasteiger partial charge in [-0.3, -0.25) is 4.79 Å². The number of amides is 1. The molecule has 3 N–H and O–H groups in total. The SMILES string of the molecule is C=S(O)c1ccc(Nc2ncc3c(n2)-c2ccc(Cl)cc2NC(=O)C3)cc1. The van der Waals surface area contributed by atoms with Gasteiger partial charge in [0.15, 0.2) is 0 Å². The fourth-order valence-electron chi connectivity index (χ4n) is 2.85. The van der Waals surface area contributed by atoms with Crippen molar-refractivity contribution in [1.82, 2.24) is 9.97 Å². The molecule has 0 fully saturated rings. The lowest BCUT2D eigenvalue weighted by Crippen LogP contribution is -2.12. The number of fused-ring (bicyclic) bond motifs is 3. The first-order valence-corrected chi connectivity index (χ1v) is 9.78. The van der Waals surface area contributed by atoms with Gasteiger partial charge in [0.1, 0.15) is 0 Å². The highest BCUT2D eigenvalue weighted by Crippen LogP contribution is 2.35. The molecule has 3 aromatic rings. The number of anilines is 3. The van der Waals surface area contributed by atoms with E-state index in [4.69, 9.17) is 11.6 Å². The molecule has 1 aliphatic rings. The third-order valence-electron chi connectivity index (χ3n) is 4.11. The maximum atomic E-state index is 12.1. The van der Waals surface area contributed by atoms with Crippen LogP contribution in [-0.4, -0.2) is 26.3 Å². The molecule has 1 unspecified atom stereocenters. The highest BCUT2D eigenvalue weighted by atomic mass is 35.5. The molecule has 1 atom stereocenters. The molecule has 0 radical (unpaired) electrons. The number of aromatic nitrogens is 2. The molecular formula is C19H15ClN4O2S. The van der Waals surface area contributed by atoms with E-state index in [1.165, 1.54) is 0 Å². The molecule has 0 bridgehead atoms. The Kier molecular flexibility index (Phi) is 4.65. The van der Waals surface area contributed by atoms with Crippen LogP contribution in [0.5, 0.6) is 0 Å². The first-order valence-electron chi connectivity index (χ1n) is 8.05. The maximum absolute atomic E-state index is 12.1. The number of benzene rings is 2. The Bertz CT molecular complexity index is 1070. The number of hydrogen-bond donors (Lipinski definition) is 3. The van der Waals surface area contributed by atoms with E-state index in [0.717, 1.165) is 21.7 Å². The van der Waals surface area contributed by atoms with E-state index in [9.17, 15) is 9.35 Å². The zero-order valence-corrected chi connectivity index (χ0v) is 15.6. The normalized spacial score (nSPS) is 13.8. The second kappa shape index (κ2) is 7.11. The lowest BCUT2D eigenvalue weighted by molar-refractivity contribution is -0.115. The monoisotopic (exact) mass is 398 g/mol. The van der Waals surface area contributed by atoms with E-state index in [2.05, 4.69) is 26.5 Å². The van der Waals surface area contributed by atoms with Gasteiger partial charge in [-0.25, -0.2) is 9.97 Å². The number of nitrogens with one attached hydrogen (secondary N) is 2. The molecule has 4 rings (SSSR count). The summed E-state index contributed by atoms with van der Waals surface area (Å²) in [6.45, 7) is 0. The van der Waals surface area contributed by atoms with E-state index in [-0.39, 0.29) is 12.3 Å². The van der Waals surface area contributed by atoms with Gasteiger partial charge in [-0.05, 0) is 59.1 Å². The lowest BCUT2D eigenvalue weighted by atomic mass is 10.1. The van der Waals surface area contributed by atoms with E-state index < -0.39 is 10.8 Å². The number of rotatable bonds is 3. The fourth-order valence-corrected chi connectivity index (χ4v) is 3.47. The van der Waals surface area contributed by atoms with Crippen LogP contribution in [0.15, 0.2) is 53.6 Å². The van der Waals surface area contributed by atoms with Crippen LogP contribution in [0.3, 0.4) is 0 Å². The summed E-state index contributed by atoms with van der Waals surface area (Å²) in [6, 6.07) is 12.5. The Labute approximate surface area is 163 Å². The minimum absolute atomic E-state index is 0.135. The number of nitrogens with zero attached hydrogens (tertiary/aromatic N) is 2. The van der Waals surface area contributed by atoms with Crippen LogP contribution >= 0.6 is 22.4 Å². The van der Waals surface area contributed by atoms with E-state index >= 15 is 0 Å². The molecule has 0 saturated carbocycles. The third kappa shape index (κ3) is 3.71. The van der Waals surface area contributed by atoms with Gasteiger partial charge in [-0.15, -0.1) is 0 Å². The van der Waals surface area contributed by atoms with E-state index in [1.54, 1.807) is 30.5 Å². The smallest absolute Gasteiger partial charge is 0.228 e. The minimum atomic E-state index is -1.03. The molecule has 1 aliphatic heterocycles. The van der Waals surface area contributed by atoms with Crippen molar-refractivity contribution in [3.05, 3.63) is 59.2 Å². The average Bonchev–Trinajstić information content (AvgIpc) is 2.77. The number of halogens is 1. The summed E-state index contributed by atoms with van der Waals surface area (Å²) in [4.78, 5) is 21.8. The van der Waals surface area contributed by atoms with E-state index in [1.807, 2.05) is 18.2 Å². The van der Waals surface area contributed by atoms with Gasteiger partial charge in [-0.2, -0.15) is 0 Å². The Hall–Kier alpha value is -2.74. The molecule has 2 aromatic carbocycles. The predicted octanol–water partition coefficient (Wildman–Crippen LogP) is 4.57. The second-order valence-electron chi connectivity index (χ2n) is 6.00.